The number of fused-ring (bicyclic) bond motifs is 13. The molecule has 0 N–H and O–H groups in total. The summed E-state index contributed by atoms with van der Waals surface area (Å²) < 4.78 is 9.56. The number of nitrogens with zero attached hydrogens (tertiary/aromatic N) is 6. The monoisotopic (exact) mass is 908 g/mol. The maximum absolute atomic E-state index is 5.34. The zero-order valence-corrected chi connectivity index (χ0v) is 38.9. The summed E-state index contributed by atoms with van der Waals surface area (Å²) in [5, 5.41) is 9.47. The zero-order chi connectivity index (χ0) is 47.2. The summed E-state index contributed by atoms with van der Waals surface area (Å²) in [5.74, 6) is 1.75. The maximum atomic E-state index is 5.34. The molecule has 14 aromatic rings. The third-order valence-electron chi connectivity index (χ3n) is 14.3. The van der Waals surface area contributed by atoms with Crippen LogP contribution in [0, 0.1) is 0 Å². The van der Waals surface area contributed by atoms with Crippen LogP contribution in [0.4, 0.5) is 0 Å². The number of rotatable bonds is 8. The zero-order valence-electron chi connectivity index (χ0n) is 38.9. The molecule has 0 aliphatic carbocycles. The Morgan fingerprint density at radius 2 is 0.944 bits per heavy atom. The van der Waals surface area contributed by atoms with Gasteiger partial charge in [0, 0.05) is 60.0 Å². The quantitative estimate of drug-likeness (QED) is 0.143. The van der Waals surface area contributed by atoms with Crippen LogP contribution in [0.25, 0.3) is 127 Å². The minimum absolute atomic E-state index is 0.860. The Bertz CT molecular complexity index is 4550. The van der Waals surface area contributed by atoms with E-state index >= 15 is 0 Å². The maximum Gasteiger partial charge on any atom is 0.138 e. The Morgan fingerprint density at radius 1 is 0.408 bits per heavy atom. The molecule has 6 nitrogen and oxygen atoms in total. The van der Waals surface area contributed by atoms with Gasteiger partial charge >= 0.3 is 0 Å². The van der Waals surface area contributed by atoms with Crippen molar-refractivity contribution in [3.63, 3.8) is 0 Å². The summed E-state index contributed by atoms with van der Waals surface area (Å²) >= 11 is 0. The second kappa shape index (κ2) is 16.0. The third-order valence-corrected chi connectivity index (χ3v) is 14.3. The lowest BCUT2D eigenvalue weighted by Crippen LogP contribution is -2.00. The molecule has 0 saturated heterocycles. The van der Waals surface area contributed by atoms with Crippen LogP contribution in [0.5, 0.6) is 0 Å². The van der Waals surface area contributed by atoms with Gasteiger partial charge in [0.25, 0.3) is 0 Å². The lowest BCUT2D eigenvalue weighted by atomic mass is 10.1. The number of hydrogen-bond donors (Lipinski definition) is 0. The number of aromatic nitrogens is 6. The van der Waals surface area contributed by atoms with Crippen LogP contribution in [0.1, 0.15) is 12.6 Å². The highest BCUT2D eigenvalue weighted by Crippen LogP contribution is 2.44. The highest BCUT2D eigenvalue weighted by molar-refractivity contribution is 6.26. The molecule has 0 aliphatic rings. The molecule has 0 radical (unpaired) electrons. The fourth-order valence-corrected chi connectivity index (χ4v) is 11.2. The molecule has 0 spiro atoms. The van der Waals surface area contributed by atoms with Crippen molar-refractivity contribution in [2.45, 2.75) is 6.92 Å². The predicted octanol–water partition coefficient (Wildman–Crippen LogP) is 16.7. The largest absolute Gasteiger partial charge is 0.309 e. The van der Waals surface area contributed by atoms with E-state index in [4.69, 9.17) is 9.97 Å². The van der Waals surface area contributed by atoms with Crippen molar-refractivity contribution in [1.82, 2.24) is 28.2 Å². The second-order valence-electron chi connectivity index (χ2n) is 18.2. The summed E-state index contributed by atoms with van der Waals surface area (Å²) in [6.45, 7) is 6.12. The number of para-hydroxylation sites is 4. The van der Waals surface area contributed by atoms with Crippen LogP contribution in [-0.2, 0) is 0 Å². The average Bonchev–Trinajstić information content (AvgIpc) is 4.16. The SMILES string of the molecule is C=C/C(=C\C=C/C)c1cccc(-n2c3ccccc3c3cc4c(cc32)c2ccccc2n4-c2cccc(-n3c4ccccc4c4c3ccc3c5ccccc5n(-c5cccc(-c6ccccc6)n5)c34)c2)n1. The van der Waals surface area contributed by atoms with Crippen molar-refractivity contribution in [2.75, 3.05) is 0 Å². The normalized spacial score (nSPS) is 12.4. The standard InChI is InChI=1S/C65H44N6/c1-3-5-20-42(4-2)53-29-18-35-62(66-53)70-56-32-14-11-27-48(56)52-40-60-51(41-61(52)70)47-26-10-13-31-55(47)69(60)45-24-17-23-44(39-45)68-58-34-16-12-28-50(58)64-59(68)38-37-49-46-25-9-15-33-57(46)71(65(49)64)63-36-19-30-54(67-63)43-21-7-6-8-22-43/h3-41H,2H2,1H3/b5-3-,42-20+. The molecule has 0 saturated carbocycles. The lowest BCUT2D eigenvalue weighted by molar-refractivity contribution is 1.07. The van der Waals surface area contributed by atoms with Crippen LogP contribution in [0.15, 0.2) is 243 Å². The molecule has 71 heavy (non-hydrogen) atoms. The molecule has 6 heteroatoms. The Balaban J connectivity index is 0.992. The molecule has 0 fully saturated rings. The van der Waals surface area contributed by atoms with Crippen LogP contribution in [0.3, 0.4) is 0 Å². The molecule has 0 bridgehead atoms. The Kier molecular flexibility index (Phi) is 9.16. The fraction of sp³-hybridized carbons (Fsp3) is 0.0154. The van der Waals surface area contributed by atoms with Gasteiger partial charge in [-0.2, -0.15) is 0 Å². The van der Waals surface area contributed by atoms with E-state index in [1.54, 1.807) is 0 Å². The first-order valence-corrected chi connectivity index (χ1v) is 24.2. The van der Waals surface area contributed by atoms with E-state index < -0.39 is 0 Å². The predicted molar refractivity (Wildman–Crippen MR) is 298 cm³/mol. The van der Waals surface area contributed by atoms with E-state index in [2.05, 4.69) is 237 Å². The molecular formula is C65H44N6. The molecular weight excluding hydrogens is 865 g/mol. The first kappa shape index (κ1) is 40.5. The third kappa shape index (κ3) is 6.14. The first-order chi connectivity index (χ1) is 35.2. The van der Waals surface area contributed by atoms with Crippen LogP contribution in [0.2, 0.25) is 0 Å². The van der Waals surface area contributed by atoms with Gasteiger partial charge in [0.1, 0.15) is 11.6 Å². The minimum atomic E-state index is 0.860. The van der Waals surface area contributed by atoms with E-state index in [9.17, 15) is 0 Å². The Morgan fingerprint density at radius 3 is 1.62 bits per heavy atom. The molecule has 8 aromatic carbocycles. The molecule has 0 aliphatic heterocycles. The van der Waals surface area contributed by atoms with Crippen molar-refractivity contribution in [3.8, 4) is 34.3 Å². The second-order valence-corrected chi connectivity index (χ2v) is 18.2. The Labute approximate surface area is 409 Å². The fourth-order valence-electron chi connectivity index (χ4n) is 11.2. The summed E-state index contributed by atoms with van der Waals surface area (Å²) in [4.78, 5) is 10.6. The van der Waals surface area contributed by atoms with Crippen molar-refractivity contribution in [3.05, 3.63) is 249 Å². The number of allylic oxidation sites excluding steroid dienone is 5. The molecule has 0 unspecified atom stereocenters. The minimum Gasteiger partial charge on any atom is -0.309 e. The van der Waals surface area contributed by atoms with E-state index in [0.29, 0.717) is 0 Å². The number of pyridine rings is 2. The van der Waals surface area contributed by atoms with Gasteiger partial charge < -0.3 is 9.13 Å². The van der Waals surface area contributed by atoms with Gasteiger partial charge in [0.2, 0.25) is 0 Å². The highest BCUT2D eigenvalue weighted by atomic mass is 15.1. The van der Waals surface area contributed by atoms with E-state index in [1.165, 1.54) is 43.1 Å². The summed E-state index contributed by atoms with van der Waals surface area (Å²) in [6, 6.07) is 76.4. The highest BCUT2D eigenvalue weighted by Gasteiger charge is 2.23. The summed E-state index contributed by atoms with van der Waals surface area (Å²) in [5.41, 5.74) is 15.1. The van der Waals surface area contributed by atoms with Crippen molar-refractivity contribution >= 4 is 92.8 Å². The van der Waals surface area contributed by atoms with Gasteiger partial charge in [-0.3, -0.25) is 9.13 Å². The number of hydrogen-bond acceptors (Lipinski definition) is 2. The molecule has 334 valence electrons. The van der Waals surface area contributed by atoms with E-state index in [0.717, 1.165) is 89.7 Å². The van der Waals surface area contributed by atoms with Crippen LogP contribution in [-0.4, -0.2) is 28.2 Å². The lowest BCUT2D eigenvalue weighted by Gasteiger charge is -2.13. The van der Waals surface area contributed by atoms with Gasteiger partial charge in [0.05, 0.1) is 55.5 Å². The molecule has 6 aromatic heterocycles. The first-order valence-electron chi connectivity index (χ1n) is 24.2. The molecule has 0 atom stereocenters. The molecule has 0 amide bonds. The smallest absolute Gasteiger partial charge is 0.138 e. The van der Waals surface area contributed by atoms with Crippen molar-refractivity contribution in [1.29, 1.82) is 0 Å². The molecule has 6 heterocycles. The topological polar surface area (TPSA) is 45.5 Å². The Hall–Kier alpha value is -9.52. The summed E-state index contributed by atoms with van der Waals surface area (Å²) in [7, 11) is 0. The van der Waals surface area contributed by atoms with Gasteiger partial charge in [0.15, 0.2) is 0 Å². The van der Waals surface area contributed by atoms with Gasteiger partial charge in [-0.15, -0.1) is 0 Å². The van der Waals surface area contributed by atoms with Gasteiger partial charge in [-0.25, -0.2) is 9.97 Å². The van der Waals surface area contributed by atoms with Crippen molar-refractivity contribution < 1.29 is 0 Å². The van der Waals surface area contributed by atoms with Crippen LogP contribution >= 0.6 is 0 Å². The van der Waals surface area contributed by atoms with Crippen LogP contribution < -0.4 is 0 Å². The van der Waals surface area contributed by atoms with Gasteiger partial charge in [-0.05, 0) is 97.4 Å². The summed E-state index contributed by atoms with van der Waals surface area (Å²) in [6.07, 6.45) is 7.98. The average molecular weight is 909 g/mol. The van der Waals surface area contributed by atoms with Gasteiger partial charge in [-0.1, -0.05) is 158 Å². The molecule has 14 rings (SSSR count). The number of benzene rings is 8. The van der Waals surface area contributed by atoms with E-state index in [-0.39, 0.29) is 0 Å². The van der Waals surface area contributed by atoms with E-state index in [1.807, 2.05) is 31.2 Å². The van der Waals surface area contributed by atoms with Crippen molar-refractivity contribution in [2.24, 2.45) is 0 Å².